The van der Waals surface area contributed by atoms with Crippen molar-refractivity contribution in [2.45, 2.75) is 76.7 Å². The molecule has 1 unspecified atom stereocenters. The van der Waals surface area contributed by atoms with Gasteiger partial charge in [-0.2, -0.15) is 0 Å². The number of carboxylic acid groups (broad SMARTS) is 1. The van der Waals surface area contributed by atoms with Crippen LogP contribution in [0.1, 0.15) is 81.8 Å². The largest absolute Gasteiger partial charge is 0.481 e. The fourth-order valence-corrected chi connectivity index (χ4v) is 4.59. The fraction of sp³-hybridized carbons (Fsp3) is 0.481. The third kappa shape index (κ3) is 6.59. The Morgan fingerprint density at radius 2 is 1.47 bits per heavy atom. The first-order valence-corrected chi connectivity index (χ1v) is 11.9. The van der Waals surface area contributed by atoms with Crippen molar-refractivity contribution in [3.63, 3.8) is 0 Å². The van der Waals surface area contributed by atoms with Crippen molar-refractivity contribution in [1.29, 1.82) is 0 Å². The van der Waals surface area contributed by atoms with Crippen molar-refractivity contribution in [2.75, 3.05) is 6.61 Å². The Morgan fingerprint density at radius 1 is 0.906 bits per heavy atom. The number of unbranched alkanes of at least 4 members (excludes halogenated alkanes) is 6. The summed E-state index contributed by atoms with van der Waals surface area (Å²) in [5.41, 5.74) is 4.68. The van der Waals surface area contributed by atoms with Crippen molar-refractivity contribution < 1.29 is 19.4 Å². The van der Waals surface area contributed by atoms with E-state index in [1.54, 1.807) is 0 Å². The van der Waals surface area contributed by atoms with E-state index < -0.39 is 18.1 Å². The Labute approximate surface area is 191 Å². The standard InChI is InChI=1S/C27H35NO4/c1-2-3-4-5-6-7-8-13-20(18-26(29)30)28-27(31)32-19-25-23-16-11-9-14-21(23)22-15-10-12-17-24(22)25/h9-12,14-17,20,25H,2-8,13,18-19H2,1H3,(H,28,31)(H,29,30). The van der Waals surface area contributed by atoms with E-state index in [-0.39, 0.29) is 18.9 Å². The lowest BCUT2D eigenvalue weighted by Gasteiger charge is -2.19. The van der Waals surface area contributed by atoms with Crippen molar-refractivity contribution in [1.82, 2.24) is 5.32 Å². The second-order valence-electron chi connectivity index (χ2n) is 8.67. The van der Waals surface area contributed by atoms with E-state index in [0.717, 1.165) is 30.4 Å². The molecule has 1 amide bonds. The maximum Gasteiger partial charge on any atom is 0.407 e. The number of nitrogens with one attached hydrogen (secondary N) is 1. The van der Waals surface area contributed by atoms with Crippen LogP contribution in [-0.2, 0) is 9.53 Å². The summed E-state index contributed by atoms with van der Waals surface area (Å²) in [6.45, 7) is 2.43. The van der Waals surface area contributed by atoms with Gasteiger partial charge in [-0.05, 0) is 28.7 Å². The first-order chi connectivity index (χ1) is 15.6. The van der Waals surface area contributed by atoms with Gasteiger partial charge in [-0.15, -0.1) is 0 Å². The lowest BCUT2D eigenvalue weighted by molar-refractivity contribution is -0.137. The molecule has 0 radical (unpaired) electrons. The number of benzene rings is 2. The summed E-state index contributed by atoms with van der Waals surface area (Å²) in [5, 5.41) is 12.0. The topological polar surface area (TPSA) is 75.6 Å². The molecule has 0 heterocycles. The van der Waals surface area contributed by atoms with E-state index in [4.69, 9.17) is 4.74 Å². The summed E-state index contributed by atoms with van der Waals surface area (Å²) >= 11 is 0. The molecule has 1 aliphatic carbocycles. The van der Waals surface area contributed by atoms with Crippen LogP contribution in [0.25, 0.3) is 11.1 Å². The molecule has 0 aliphatic heterocycles. The second-order valence-corrected chi connectivity index (χ2v) is 8.67. The minimum Gasteiger partial charge on any atom is -0.481 e. The predicted octanol–water partition coefficient (Wildman–Crippen LogP) is 6.51. The lowest BCUT2D eigenvalue weighted by atomic mass is 9.98. The molecule has 2 aromatic rings. The van der Waals surface area contributed by atoms with E-state index >= 15 is 0 Å². The van der Waals surface area contributed by atoms with Crippen LogP contribution in [0.4, 0.5) is 4.79 Å². The maximum absolute atomic E-state index is 12.5. The number of fused-ring (bicyclic) bond motifs is 3. The van der Waals surface area contributed by atoms with Crippen molar-refractivity contribution >= 4 is 12.1 Å². The summed E-state index contributed by atoms with van der Waals surface area (Å²) in [4.78, 5) is 23.7. The van der Waals surface area contributed by atoms with Crippen molar-refractivity contribution in [3.05, 3.63) is 59.7 Å². The Balaban J connectivity index is 1.50. The van der Waals surface area contributed by atoms with Gasteiger partial charge >= 0.3 is 12.1 Å². The zero-order chi connectivity index (χ0) is 22.8. The number of amides is 1. The van der Waals surface area contributed by atoms with Gasteiger partial charge < -0.3 is 15.2 Å². The monoisotopic (exact) mass is 437 g/mol. The molecular weight excluding hydrogens is 402 g/mol. The van der Waals surface area contributed by atoms with Gasteiger partial charge in [-0.1, -0.05) is 100 Å². The number of carboxylic acids is 1. The summed E-state index contributed by atoms with van der Waals surface area (Å²) in [6, 6.07) is 16.0. The van der Waals surface area contributed by atoms with Gasteiger partial charge in [0.15, 0.2) is 0 Å². The molecule has 2 N–H and O–H groups in total. The third-order valence-electron chi connectivity index (χ3n) is 6.24. The summed E-state index contributed by atoms with van der Waals surface area (Å²) in [5.74, 6) is -0.911. The number of ether oxygens (including phenoxy) is 1. The molecule has 0 bridgehead atoms. The number of hydrogen-bond donors (Lipinski definition) is 2. The Kier molecular flexibility index (Phi) is 9.14. The molecule has 32 heavy (non-hydrogen) atoms. The lowest BCUT2D eigenvalue weighted by Crippen LogP contribution is -2.37. The highest BCUT2D eigenvalue weighted by Gasteiger charge is 2.29. The molecule has 0 saturated carbocycles. The molecule has 1 aliphatic rings. The van der Waals surface area contributed by atoms with E-state index in [2.05, 4.69) is 36.5 Å². The molecule has 5 nitrogen and oxygen atoms in total. The molecule has 5 heteroatoms. The minimum absolute atomic E-state index is 0.00538. The SMILES string of the molecule is CCCCCCCCCC(CC(=O)O)NC(=O)OCC1c2ccccc2-c2ccccc21. The Hall–Kier alpha value is -2.82. The van der Waals surface area contributed by atoms with Gasteiger partial charge in [0.2, 0.25) is 0 Å². The maximum atomic E-state index is 12.5. The summed E-state index contributed by atoms with van der Waals surface area (Å²) in [7, 11) is 0. The minimum atomic E-state index is -0.906. The number of carbonyl (C=O) groups is 2. The van der Waals surface area contributed by atoms with Crippen molar-refractivity contribution in [3.8, 4) is 11.1 Å². The molecule has 172 valence electrons. The smallest absolute Gasteiger partial charge is 0.407 e. The fourth-order valence-electron chi connectivity index (χ4n) is 4.59. The van der Waals surface area contributed by atoms with E-state index in [1.807, 2.05) is 24.3 Å². The van der Waals surface area contributed by atoms with Gasteiger partial charge in [0, 0.05) is 12.0 Å². The predicted molar refractivity (Wildman–Crippen MR) is 127 cm³/mol. The van der Waals surface area contributed by atoms with Gasteiger partial charge in [-0.3, -0.25) is 4.79 Å². The van der Waals surface area contributed by atoms with Crippen LogP contribution >= 0.6 is 0 Å². The van der Waals surface area contributed by atoms with Crippen LogP contribution in [0.2, 0.25) is 0 Å². The number of aliphatic carboxylic acids is 1. The number of hydrogen-bond acceptors (Lipinski definition) is 3. The summed E-state index contributed by atoms with van der Waals surface area (Å²) in [6.07, 6.45) is 8.13. The Morgan fingerprint density at radius 3 is 2.06 bits per heavy atom. The first-order valence-electron chi connectivity index (χ1n) is 11.9. The molecule has 0 spiro atoms. The third-order valence-corrected chi connectivity index (χ3v) is 6.24. The molecule has 0 fully saturated rings. The highest BCUT2D eigenvalue weighted by atomic mass is 16.5. The van der Waals surface area contributed by atoms with Crippen LogP contribution in [0, 0.1) is 0 Å². The van der Waals surface area contributed by atoms with Crippen LogP contribution < -0.4 is 5.32 Å². The van der Waals surface area contributed by atoms with Gasteiger partial charge in [0.05, 0.1) is 6.42 Å². The summed E-state index contributed by atoms with van der Waals surface area (Å²) < 4.78 is 5.58. The van der Waals surface area contributed by atoms with Crippen molar-refractivity contribution in [2.24, 2.45) is 0 Å². The molecule has 0 saturated heterocycles. The van der Waals surface area contributed by atoms with E-state index in [9.17, 15) is 14.7 Å². The molecule has 0 aromatic heterocycles. The molecule has 2 aromatic carbocycles. The highest BCUT2D eigenvalue weighted by molar-refractivity contribution is 5.79. The number of carbonyl (C=O) groups excluding carboxylic acids is 1. The Bertz CT molecular complexity index is 849. The van der Waals surface area contributed by atoms with Gasteiger partial charge in [0.25, 0.3) is 0 Å². The second kappa shape index (κ2) is 12.3. The normalized spacial score (nSPS) is 13.3. The molecule has 1 atom stereocenters. The quantitative estimate of drug-likeness (QED) is 0.350. The highest BCUT2D eigenvalue weighted by Crippen LogP contribution is 2.44. The van der Waals surface area contributed by atoms with E-state index in [1.165, 1.54) is 36.8 Å². The number of rotatable bonds is 13. The zero-order valence-electron chi connectivity index (χ0n) is 19.0. The van der Waals surface area contributed by atoms with Crippen LogP contribution in [0.5, 0.6) is 0 Å². The average molecular weight is 438 g/mol. The van der Waals surface area contributed by atoms with Crippen LogP contribution in [0.3, 0.4) is 0 Å². The molecular formula is C27H35NO4. The first kappa shape index (κ1) is 23.8. The van der Waals surface area contributed by atoms with Gasteiger partial charge in [0.1, 0.15) is 6.61 Å². The number of alkyl carbamates (subject to hydrolysis) is 1. The van der Waals surface area contributed by atoms with Crippen LogP contribution in [-0.4, -0.2) is 29.8 Å². The van der Waals surface area contributed by atoms with E-state index in [0.29, 0.717) is 6.42 Å². The average Bonchev–Trinajstić information content (AvgIpc) is 3.10. The van der Waals surface area contributed by atoms with Crippen LogP contribution in [0.15, 0.2) is 48.5 Å². The zero-order valence-corrected chi connectivity index (χ0v) is 19.0. The molecule has 3 rings (SSSR count). The van der Waals surface area contributed by atoms with Gasteiger partial charge in [-0.25, -0.2) is 4.79 Å².